The molecule has 0 bridgehead atoms. The molecule has 0 saturated heterocycles. The SMILES string of the molecule is COC(=O)c1[nH]c2cc(Cl)cc(Cl)c2c(=O)c1C(=O)OC. The number of nitrogens with one attached hydrogen (secondary N) is 1. The molecule has 1 N–H and O–H groups in total. The van der Waals surface area contributed by atoms with E-state index >= 15 is 0 Å². The molecule has 6 nitrogen and oxygen atoms in total. The molecule has 1 aromatic carbocycles. The summed E-state index contributed by atoms with van der Waals surface area (Å²) in [5.74, 6) is -1.85. The number of methoxy groups -OCH3 is 2. The number of H-pyrrole nitrogens is 1. The Hall–Kier alpha value is -2.05. The van der Waals surface area contributed by atoms with Gasteiger partial charge in [0, 0.05) is 5.02 Å². The van der Waals surface area contributed by atoms with Crippen LogP contribution in [0.3, 0.4) is 0 Å². The van der Waals surface area contributed by atoms with Gasteiger partial charge < -0.3 is 14.5 Å². The quantitative estimate of drug-likeness (QED) is 0.855. The van der Waals surface area contributed by atoms with Crippen LogP contribution < -0.4 is 5.43 Å². The zero-order valence-corrected chi connectivity index (χ0v) is 12.5. The molecule has 2 aromatic rings. The third-order valence-electron chi connectivity index (χ3n) is 2.80. The van der Waals surface area contributed by atoms with E-state index in [4.69, 9.17) is 23.2 Å². The molecule has 0 aliphatic carbocycles. The first-order valence-corrected chi connectivity index (χ1v) is 6.38. The molecule has 0 spiro atoms. The van der Waals surface area contributed by atoms with Crippen molar-refractivity contribution < 1.29 is 19.1 Å². The largest absolute Gasteiger partial charge is 0.465 e. The number of rotatable bonds is 2. The molecular formula is C13H9Cl2NO5. The first-order chi connectivity index (χ1) is 9.90. The number of carbonyl (C=O) groups is 2. The minimum atomic E-state index is -0.968. The predicted molar refractivity (Wildman–Crippen MR) is 77.3 cm³/mol. The van der Waals surface area contributed by atoms with E-state index in [0.717, 1.165) is 14.2 Å². The fourth-order valence-corrected chi connectivity index (χ4v) is 2.47. The van der Waals surface area contributed by atoms with E-state index in [1.807, 2.05) is 0 Å². The molecule has 1 heterocycles. The number of esters is 2. The molecule has 0 fully saturated rings. The number of hydrogen-bond donors (Lipinski definition) is 1. The van der Waals surface area contributed by atoms with Crippen molar-refractivity contribution in [2.75, 3.05) is 14.2 Å². The third kappa shape index (κ3) is 2.59. The summed E-state index contributed by atoms with van der Waals surface area (Å²) >= 11 is 11.8. The van der Waals surface area contributed by atoms with Crippen LogP contribution in [-0.2, 0) is 9.47 Å². The van der Waals surface area contributed by atoms with E-state index in [-0.39, 0.29) is 26.6 Å². The molecule has 0 atom stereocenters. The lowest BCUT2D eigenvalue weighted by molar-refractivity contribution is 0.0549. The molecule has 0 radical (unpaired) electrons. The van der Waals surface area contributed by atoms with Gasteiger partial charge in [0.25, 0.3) is 0 Å². The summed E-state index contributed by atoms with van der Waals surface area (Å²) < 4.78 is 9.08. The van der Waals surface area contributed by atoms with Crippen LogP contribution in [0.4, 0.5) is 0 Å². The Kier molecular flexibility index (Phi) is 4.20. The average molecular weight is 330 g/mol. The van der Waals surface area contributed by atoms with Crippen molar-refractivity contribution in [3.8, 4) is 0 Å². The highest BCUT2D eigenvalue weighted by Crippen LogP contribution is 2.25. The van der Waals surface area contributed by atoms with Gasteiger partial charge in [-0.2, -0.15) is 0 Å². The standard InChI is InChI=1S/C13H9Cl2NO5/c1-20-12(18)9-10(13(19)21-2)16-7-4-5(14)3-6(15)8(7)11(9)17/h3-4H,1-2H3,(H,16,17). The van der Waals surface area contributed by atoms with Gasteiger partial charge >= 0.3 is 11.9 Å². The van der Waals surface area contributed by atoms with Crippen LogP contribution in [0.15, 0.2) is 16.9 Å². The van der Waals surface area contributed by atoms with Crippen molar-refractivity contribution in [1.82, 2.24) is 4.98 Å². The second kappa shape index (κ2) is 5.75. The van der Waals surface area contributed by atoms with Gasteiger partial charge in [0.1, 0.15) is 11.3 Å². The topological polar surface area (TPSA) is 85.5 Å². The highest BCUT2D eigenvalue weighted by atomic mass is 35.5. The molecule has 0 unspecified atom stereocenters. The maximum absolute atomic E-state index is 12.4. The molecule has 21 heavy (non-hydrogen) atoms. The van der Waals surface area contributed by atoms with Crippen LogP contribution >= 0.6 is 23.2 Å². The number of aromatic nitrogens is 1. The van der Waals surface area contributed by atoms with E-state index in [1.54, 1.807) is 0 Å². The van der Waals surface area contributed by atoms with E-state index in [2.05, 4.69) is 14.5 Å². The summed E-state index contributed by atoms with van der Waals surface area (Å²) in [7, 11) is 2.22. The Morgan fingerprint density at radius 2 is 1.71 bits per heavy atom. The minimum Gasteiger partial charge on any atom is -0.465 e. The smallest absolute Gasteiger partial charge is 0.355 e. The van der Waals surface area contributed by atoms with Gasteiger partial charge in [0.05, 0.1) is 30.1 Å². The Labute approximate surface area is 128 Å². The Morgan fingerprint density at radius 3 is 2.29 bits per heavy atom. The Balaban J connectivity index is 2.98. The van der Waals surface area contributed by atoms with Gasteiger partial charge in [0.15, 0.2) is 0 Å². The Morgan fingerprint density at radius 1 is 1.10 bits per heavy atom. The van der Waals surface area contributed by atoms with Crippen LogP contribution in [0.2, 0.25) is 10.0 Å². The fraction of sp³-hybridized carbons (Fsp3) is 0.154. The summed E-state index contributed by atoms with van der Waals surface area (Å²) in [4.78, 5) is 38.6. The van der Waals surface area contributed by atoms with E-state index < -0.39 is 22.9 Å². The third-order valence-corrected chi connectivity index (χ3v) is 3.31. The highest BCUT2D eigenvalue weighted by molar-refractivity contribution is 6.38. The normalized spacial score (nSPS) is 10.5. The second-order valence-corrected chi connectivity index (χ2v) is 4.84. The van der Waals surface area contributed by atoms with E-state index in [0.29, 0.717) is 0 Å². The van der Waals surface area contributed by atoms with Gasteiger partial charge in [-0.25, -0.2) is 9.59 Å². The van der Waals surface area contributed by atoms with E-state index in [9.17, 15) is 14.4 Å². The van der Waals surface area contributed by atoms with Gasteiger partial charge in [-0.05, 0) is 12.1 Å². The van der Waals surface area contributed by atoms with Gasteiger partial charge in [-0.3, -0.25) is 4.79 Å². The summed E-state index contributed by atoms with van der Waals surface area (Å²) in [6.07, 6.45) is 0. The minimum absolute atomic E-state index is 0.0362. The van der Waals surface area contributed by atoms with Crippen LogP contribution in [0.5, 0.6) is 0 Å². The number of ether oxygens (including phenoxy) is 2. The second-order valence-electron chi connectivity index (χ2n) is 4.00. The number of hydrogen-bond acceptors (Lipinski definition) is 5. The average Bonchev–Trinajstić information content (AvgIpc) is 2.44. The van der Waals surface area contributed by atoms with Crippen molar-refractivity contribution in [2.45, 2.75) is 0 Å². The number of aromatic amines is 1. The first kappa shape index (κ1) is 15.3. The van der Waals surface area contributed by atoms with Crippen LogP contribution in [0, 0.1) is 0 Å². The van der Waals surface area contributed by atoms with Crippen molar-refractivity contribution in [2.24, 2.45) is 0 Å². The van der Waals surface area contributed by atoms with Gasteiger partial charge in [0.2, 0.25) is 5.43 Å². The summed E-state index contributed by atoms with van der Waals surface area (Å²) in [5, 5.41) is 0.360. The summed E-state index contributed by atoms with van der Waals surface area (Å²) in [6.45, 7) is 0. The summed E-state index contributed by atoms with van der Waals surface area (Å²) in [6, 6.07) is 2.78. The molecule has 1 aromatic heterocycles. The number of fused-ring (bicyclic) bond motifs is 1. The number of pyridine rings is 1. The predicted octanol–water partition coefficient (Wildman–Crippen LogP) is 2.41. The molecule has 2 rings (SSSR count). The number of benzene rings is 1. The lowest BCUT2D eigenvalue weighted by Gasteiger charge is -2.09. The number of halogens is 2. The highest BCUT2D eigenvalue weighted by Gasteiger charge is 2.25. The molecular weight excluding hydrogens is 321 g/mol. The van der Waals surface area contributed by atoms with Crippen molar-refractivity contribution in [3.63, 3.8) is 0 Å². The lowest BCUT2D eigenvalue weighted by Crippen LogP contribution is -2.24. The first-order valence-electron chi connectivity index (χ1n) is 5.62. The lowest BCUT2D eigenvalue weighted by atomic mass is 10.1. The molecule has 0 saturated carbocycles. The zero-order chi connectivity index (χ0) is 15.7. The number of carbonyl (C=O) groups excluding carboxylic acids is 2. The molecule has 0 aliphatic rings. The molecule has 0 aliphatic heterocycles. The van der Waals surface area contributed by atoms with Crippen molar-refractivity contribution in [1.29, 1.82) is 0 Å². The molecule has 8 heteroatoms. The fourth-order valence-electron chi connectivity index (χ4n) is 1.89. The molecule has 110 valence electrons. The maximum atomic E-state index is 12.4. The van der Waals surface area contributed by atoms with Crippen molar-refractivity contribution in [3.05, 3.63) is 43.7 Å². The van der Waals surface area contributed by atoms with Crippen LogP contribution in [0.25, 0.3) is 10.9 Å². The molecule has 0 amide bonds. The van der Waals surface area contributed by atoms with Crippen LogP contribution in [0.1, 0.15) is 20.8 Å². The van der Waals surface area contributed by atoms with Crippen molar-refractivity contribution >= 4 is 46.0 Å². The van der Waals surface area contributed by atoms with Gasteiger partial charge in [-0.15, -0.1) is 0 Å². The monoisotopic (exact) mass is 329 g/mol. The maximum Gasteiger partial charge on any atom is 0.355 e. The zero-order valence-electron chi connectivity index (χ0n) is 11.0. The van der Waals surface area contributed by atoms with Gasteiger partial charge in [-0.1, -0.05) is 23.2 Å². The summed E-state index contributed by atoms with van der Waals surface area (Å²) in [5.41, 5.74) is -1.32. The van der Waals surface area contributed by atoms with Crippen LogP contribution in [-0.4, -0.2) is 31.1 Å². The van der Waals surface area contributed by atoms with E-state index in [1.165, 1.54) is 12.1 Å². The Bertz CT molecular complexity index is 812.